The van der Waals surface area contributed by atoms with Gasteiger partial charge in [-0.3, -0.25) is 4.79 Å². The zero-order valence-corrected chi connectivity index (χ0v) is 14.7. The molecular formula is C17H17N3O5S. The van der Waals surface area contributed by atoms with Crippen LogP contribution in [-0.4, -0.2) is 33.4 Å². The molecule has 0 spiro atoms. The molecule has 0 aromatic heterocycles. The molecule has 8 nitrogen and oxygen atoms in total. The van der Waals surface area contributed by atoms with Gasteiger partial charge in [0.25, 0.3) is 0 Å². The molecule has 0 radical (unpaired) electrons. The van der Waals surface area contributed by atoms with Gasteiger partial charge >= 0.3 is 5.97 Å². The summed E-state index contributed by atoms with van der Waals surface area (Å²) >= 11 is 0. The second-order valence-corrected chi connectivity index (χ2v) is 7.48. The molecule has 0 unspecified atom stereocenters. The van der Waals surface area contributed by atoms with Gasteiger partial charge in [-0.05, 0) is 48.9 Å². The molecule has 0 saturated carbocycles. The third-order valence-electron chi connectivity index (χ3n) is 3.80. The number of sulfonamides is 1. The van der Waals surface area contributed by atoms with Gasteiger partial charge in [0.2, 0.25) is 15.9 Å². The molecule has 0 atom stereocenters. The number of nitrogens with zero attached hydrogens (tertiary/aromatic N) is 1. The van der Waals surface area contributed by atoms with Gasteiger partial charge in [-0.25, -0.2) is 18.4 Å². The van der Waals surface area contributed by atoms with Crippen LogP contribution in [0.4, 0.5) is 11.4 Å². The summed E-state index contributed by atoms with van der Waals surface area (Å²) in [5.74, 6) is -0.376. The summed E-state index contributed by atoms with van der Waals surface area (Å²) in [7, 11) is -3.79. The number of nitrogens with two attached hydrogens (primary N) is 1. The number of esters is 1. The predicted octanol–water partition coefficient (Wildman–Crippen LogP) is 1.01. The van der Waals surface area contributed by atoms with Crippen molar-refractivity contribution in [3.8, 4) is 5.75 Å². The fourth-order valence-corrected chi connectivity index (χ4v) is 3.12. The second kappa shape index (κ2) is 6.77. The number of hydrogen-bond donors (Lipinski definition) is 2. The third-order valence-corrected chi connectivity index (χ3v) is 4.73. The van der Waals surface area contributed by atoms with Gasteiger partial charge in [0, 0.05) is 5.69 Å². The summed E-state index contributed by atoms with van der Waals surface area (Å²) in [6, 6.07) is 10.9. The maximum absolute atomic E-state index is 12.3. The lowest BCUT2D eigenvalue weighted by Gasteiger charge is -2.29. The summed E-state index contributed by atoms with van der Waals surface area (Å²) in [5.41, 5.74) is 2.07. The van der Waals surface area contributed by atoms with Crippen LogP contribution in [0.15, 0.2) is 47.4 Å². The number of ether oxygens (including phenoxy) is 1. The largest absolute Gasteiger partial charge is 0.423 e. The highest BCUT2D eigenvalue weighted by Gasteiger charge is 2.25. The molecule has 3 N–H and O–H groups in total. The van der Waals surface area contributed by atoms with E-state index in [-0.39, 0.29) is 23.9 Å². The Morgan fingerprint density at radius 1 is 1.23 bits per heavy atom. The lowest BCUT2D eigenvalue weighted by atomic mass is 10.1. The number of fused-ring (bicyclic) bond motifs is 1. The molecule has 3 rings (SSSR count). The molecule has 0 saturated heterocycles. The van der Waals surface area contributed by atoms with E-state index in [1.165, 1.54) is 24.3 Å². The molecule has 1 amide bonds. The van der Waals surface area contributed by atoms with Crippen molar-refractivity contribution in [3.05, 3.63) is 48.0 Å². The molecule has 1 aliphatic heterocycles. The lowest BCUT2D eigenvalue weighted by Crippen LogP contribution is -2.41. The number of carbonyl (C=O) groups is 2. The van der Waals surface area contributed by atoms with E-state index in [0.717, 1.165) is 5.56 Å². The van der Waals surface area contributed by atoms with Crippen LogP contribution in [0.3, 0.4) is 0 Å². The van der Waals surface area contributed by atoms with Crippen molar-refractivity contribution in [3.63, 3.8) is 0 Å². The van der Waals surface area contributed by atoms with Crippen LogP contribution in [0.25, 0.3) is 0 Å². The fourth-order valence-electron chi connectivity index (χ4n) is 2.60. The Labute approximate surface area is 150 Å². The summed E-state index contributed by atoms with van der Waals surface area (Å²) in [4.78, 5) is 25.6. The topological polar surface area (TPSA) is 119 Å². The SMILES string of the molecule is Cc1ccc2c(c1)N(CC(=O)Nc1ccc(S(N)(=O)=O)cc1)CC(=O)O2. The van der Waals surface area contributed by atoms with Crippen LogP contribution in [-0.2, 0) is 19.6 Å². The van der Waals surface area contributed by atoms with Crippen molar-refractivity contribution in [1.82, 2.24) is 0 Å². The maximum Gasteiger partial charge on any atom is 0.331 e. The third kappa shape index (κ3) is 4.01. The van der Waals surface area contributed by atoms with Crippen LogP contribution in [0.2, 0.25) is 0 Å². The lowest BCUT2D eigenvalue weighted by molar-refractivity contribution is -0.133. The van der Waals surface area contributed by atoms with Crippen molar-refractivity contribution in [2.45, 2.75) is 11.8 Å². The molecule has 0 bridgehead atoms. The fraction of sp³-hybridized carbons (Fsp3) is 0.176. The van der Waals surface area contributed by atoms with Gasteiger partial charge < -0.3 is 15.0 Å². The smallest absolute Gasteiger partial charge is 0.331 e. The average molecular weight is 375 g/mol. The first-order valence-electron chi connectivity index (χ1n) is 7.71. The summed E-state index contributed by atoms with van der Waals surface area (Å²) in [6.45, 7) is 1.82. The van der Waals surface area contributed by atoms with Crippen molar-refractivity contribution in [2.75, 3.05) is 23.3 Å². The van der Waals surface area contributed by atoms with E-state index in [1.807, 2.05) is 19.1 Å². The molecule has 26 heavy (non-hydrogen) atoms. The van der Waals surface area contributed by atoms with Crippen LogP contribution in [0, 0.1) is 6.92 Å². The van der Waals surface area contributed by atoms with Crippen molar-refractivity contribution in [1.29, 1.82) is 0 Å². The molecule has 2 aromatic carbocycles. The first-order valence-corrected chi connectivity index (χ1v) is 9.26. The highest BCUT2D eigenvalue weighted by molar-refractivity contribution is 7.89. The average Bonchev–Trinajstić information content (AvgIpc) is 2.55. The van der Waals surface area contributed by atoms with E-state index in [9.17, 15) is 18.0 Å². The van der Waals surface area contributed by atoms with Gasteiger partial charge in [0.15, 0.2) is 5.75 Å². The van der Waals surface area contributed by atoms with E-state index in [0.29, 0.717) is 17.1 Å². The highest BCUT2D eigenvalue weighted by Crippen LogP contribution is 2.32. The summed E-state index contributed by atoms with van der Waals surface area (Å²) in [6.07, 6.45) is 0. The molecular weight excluding hydrogens is 358 g/mol. The number of anilines is 2. The number of nitrogens with one attached hydrogen (secondary N) is 1. The molecule has 1 heterocycles. The van der Waals surface area contributed by atoms with Crippen molar-refractivity contribution < 1.29 is 22.7 Å². The van der Waals surface area contributed by atoms with E-state index in [1.54, 1.807) is 11.0 Å². The standard InChI is InChI=1S/C17H17N3O5S/c1-11-2-7-15-14(8-11)20(10-17(22)25-15)9-16(21)19-12-3-5-13(6-4-12)26(18,23)24/h2-8H,9-10H2,1H3,(H,19,21)(H2,18,23,24). The zero-order valence-electron chi connectivity index (χ0n) is 13.9. The van der Waals surface area contributed by atoms with Crippen LogP contribution >= 0.6 is 0 Å². The first-order chi connectivity index (χ1) is 12.2. The highest BCUT2D eigenvalue weighted by atomic mass is 32.2. The van der Waals surface area contributed by atoms with Gasteiger partial charge in [0.1, 0.15) is 6.54 Å². The quantitative estimate of drug-likeness (QED) is 0.608. The van der Waals surface area contributed by atoms with Crippen LogP contribution in [0.1, 0.15) is 5.56 Å². The Morgan fingerprint density at radius 2 is 1.92 bits per heavy atom. The Balaban J connectivity index is 1.73. The molecule has 0 aliphatic carbocycles. The van der Waals surface area contributed by atoms with Gasteiger partial charge in [-0.15, -0.1) is 0 Å². The van der Waals surface area contributed by atoms with E-state index < -0.39 is 16.0 Å². The van der Waals surface area contributed by atoms with Crippen molar-refractivity contribution >= 4 is 33.3 Å². The normalized spacial score (nSPS) is 13.8. The Bertz CT molecular complexity index is 970. The van der Waals surface area contributed by atoms with Gasteiger partial charge in [-0.1, -0.05) is 6.07 Å². The Hall–Kier alpha value is -2.91. The molecule has 1 aliphatic rings. The monoisotopic (exact) mass is 375 g/mol. The molecule has 2 aromatic rings. The van der Waals surface area contributed by atoms with Crippen molar-refractivity contribution in [2.24, 2.45) is 5.14 Å². The zero-order chi connectivity index (χ0) is 18.9. The molecule has 9 heteroatoms. The van der Waals surface area contributed by atoms with Crippen LogP contribution in [0.5, 0.6) is 5.75 Å². The number of hydrogen-bond acceptors (Lipinski definition) is 6. The van der Waals surface area contributed by atoms with E-state index in [2.05, 4.69) is 5.32 Å². The van der Waals surface area contributed by atoms with Gasteiger partial charge in [0.05, 0.1) is 17.1 Å². The predicted molar refractivity (Wildman–Crippen MR) is 95.5 cm³/mol. The maximum atomic E-state index is 12.3. The second-order valence-electron chi connectivity index (χ2n) is 5.92. The minimum absolute atomic E-state index is 0.0335. The Kier molecular flexibility index (Phi) is 4.66. The number of benzene rings is 2. The number of amides is 1. The number of carbonyl (C=O) groups excluding carboxylic acids is 2. The van der Waals surface area contributed by atoms with E-state index >= 15 is 0 Å². The number of rotatable bonds is 4. The Morgan fingerprint density at radius 3 is 2.58 bits per heavy atom. The molecule has 0 fully saturated rings. The minimum Gasteiger partial charge on any atom is -0.423 e. The first kappa shape index (κ1) is 17.9. The van der Waals surface area contributed by atoms with Gasteiger partial charge in [-0.2, -0.15) is 0 Å². The summed E-state index contributed by atoms with van der Waals surface area (Å²) in [5, 5.41) is 7.70. The molecule has 136 valence electrons. The minimum atomic E-state index is -3.79. The van der Waals surface area contributed by atoms with Crippen LogP contribution < -0.4 is 20.1 Å². The summed E-state index contributed by atoms with van der Waals surface area (Å²) < 4.78 is 27.7. The van der Waals surface area contributed by atoms with E-state index in [4.69, 9.17) is 9.88 Å². The number of primary sulfonamides is 1. The number of aryl methyl sites for hydroxylation is 1.